The molecule has 6 aliphatic heterocycles. The second kappa shape index (κ2) is 9.17. The summed E-state index contributed by atoms with van der Waals surface area (Å²) in [6.07, 6.45) is 11.2. The van der Waals surface area contributed by atoms with Gasteiger partial charge in [0.25, 0.3) is 5.91 Å². The van der Waals surface area contributed by atoms with E-state index in [9.17, 15) is 4.79 Å². The number of aliphatic imine (C=N–C) groups is 2. The van der Waals surface area contributed by atoms with E-state index in [4.69, 9.17) is 14.7 Å². The molecule has 6 heterocycles. The first-order valence-corrected chi connectivity index (χ1v) is 14.7. The van der Waals surface area contributed by atoms with Crippen LogP contribution in [0.1, 0.15) is 38.5 Å². The minimum Gasteiger partial charge on any atom is -0.462 e. The minimum atomic E-state index is -0.579. The van der Waals surface area contributed by atoms with Crippen molar-refractivity contribution in [2.24, 2.45) is 15.9 Å². The first-order chi connectivity index (χ1) is 19.2. The molecule has 39 heavy (non-hydrogen) atoms. The summed E-state index contributed by atoms with van der Waals surface area (Å²) in [5.74, 6) is 0.742. The Morgan fingerprint density at radius 1 is 1.00 bits per heavy atom. The third kappa shape index (κ3) is 3.91. The van der Waals surface area contributed by atoms with Crippen LogP contribution in [0, 0.1) is 5.92 Å². The van der Waals surface area contributed by atoms with Gasteiger partial charge in [0, 0.05) is 36.8 Å². The number of rotatable bonds is 3. The van der Waals surface area contributed by atoms with Gasteiger partial charge < -0.3 is 15.0 Å². The average Bonchev–Trinajstić information content (AvgIpc) is 3.65. The first kappa shape index (κ1) is 23.6. The predicted octanol–water partition coefficient (Wildman–Crippen LogP) is 3.53. The molecule has 0 spiro atoms. The van der Waals surface area contributed by atoms with Crippen LogP contribution in [0.4, 0.5) is 5.69 Å². The third-order valence-corrected chi connectivity index (χ3v) is 9.88. The van der Waals surface area contributed by atoms with Crippen molar-refractivity contribution in [3.05, 3.63) is 54.7 Å². The van der Waals surface area contributed by atoms with E-state index in [1.807, 2.05) is 30.5 Å². The number of anilines is 1. The first-order valence-electron chi connectivity index (χ1n) is 14.7. The smallest absolute Gasteiger partial charge is 0.314 e. The number of carbonyl (C=O) groups excluding carboxylic acids is 1. The number of carbonyl (C=O) groups is 1. The van der Waals surface area contributed by atoms with Crippen LogP contribution in [-0.2, 0) is 9.53 Å². The molecule has 2 bridgehead atoms. The molecule has 8 rings (SSSR count). The SMILES string of the molecule is O=C1C2N=C(OCC34CCCN3CCC4)N=C(N3CC4CCC(C3)N4)C2C=CN1c1cccc2ccccc12. The fourth-order valence-corrected chi connectivity index (χ4v) is 7.95. The molecule has 2 aromatic carbocycles. The number of piperazine rings is 1. The second-order valence-electron chi connectivity index (χ2n) is 12.2. The maximum Gasteiger partial charge on any atom is 0.314 e. The van der Waals surface area contributed by atoms with Gasteiger partial charge in [0.05, 0.1) is 17.1 Å². The molecule has 4 atom stereocenters. The number of ether oxygens (including phenoxy) is 1. The standard InChI is InChI=1S/C31H36N6O2/c38-29-27-25(12-17-37(29)26-9-3-7-21-6-1-2-8-24(21)26)28(35-18-22-10-11-23(19-35)32-22)34-30(33-27)39-20-31-13-4-15-36(31)16-5-14-31/h1-3,6-9,12,17,22-23,25,27,32H,4-5,10-11,13-16,18-20H2. The Morgan fingerprint density at radius 3 is 2.59 bits per heavy atom. The van der Waals surface area contributed by atoms with Gasteiger partial charge in [0.2, 0.25) is 0 Å². The van der Waals surface area contributed by atoms with Crippen molar-refractivity contribution in [2.75, 3.05) is 37.7 Å². The number of benzene rings is 2. The lowest BCUT2D eigenvalue weighted by atomic mass is 9.91. The van der Waals surface area contributed by atoms with Gasteiger partial charge in [0.1, 0.15) is 18.5 Å². The van der Waals surface area contributed by atoms with Crippen molar-refractivity contribution in [3.8, 4) is 0 Å². The molecule has 1 N–H and O–H groups in total. The van der Waals surface area contributed by atoms with Gasteiger partial charge in [-0.3, -0.25) is 14.6 Å². The summed E-state index contributed by atoms with van der Waals surface area (Å²) < 4.78 is 6.45. The number of amides is 1. The Morgan fingerprint density at radius 2 is 1.77 bits per heavy atom. The van der Waals surface area contributed by atoms with E-state index in [0.717, 1.165) is 48.5 Å². The summed E-state index contributed by atoms with van der Waals surface area (Å²) in [5.41, 5.74) is 0.996. The van der Waals surface area contributed by atoms with Crippen molar-refractivity contribution in [1.82, 2.24) is 15.1 Å². The van der Waals surface area contributed by atoms with Crippen LogP contribution in [-0.4, -0.2) is 84.0 Å². The Labute approximate surface area is 229 Å². The molecule has 4 fully saturated rings. The molecular formula is C31H36N6O2. The van der Waals surface area contributed by atoms with Gasteiger partial charge in [-0.1, -0.05) is 42.5 Å². The summed E-state index contributed by atoms with van der Waals surface area (Å²) in [5, 5.41) is 5.90. The highest BCUT2D eigenvalue weighted by molar-refractivity contribution is 6.12. The molecule has 2 aromatic rings. The van der Waals surface area contributed by atoms with Crippen LogP contribution in [0.15, 0.2) is 64.7 Å². The van der Waals surface area contributed by atoms with Crippen LogP contribution in [0.25, 0.3) is 10.8 Å². The number of hydrogen-bond donors (Lipinski definition) is 1. The lowest BCUT2D eigenvalue weighted by Gasteiger charge is -2.41. The topological polar surface area (TPSA) is 72.8 Å². The van der Waals surface area contributed by atoms with Crippen molar-refractivity contribution in [2.45, 2.75) is 62.2 Å². The van der Waals surface area contributed by atoms with E-state index >= 15 is 0 Å². The maximum absolute atomic E-state index is 14.2. The summed E-state index contributed by atoms with van der Waals surface area (Å²) >= 11 is 0. The quantitative estimate of drug-likeness (QED) is 0.665. The third-order valence-electron chi connectivity index (χ3n) is 9.88. The monoisotopic (exact) mass is 524 g/mol. The molecule has 0 radical (unpaired) electrons. The predicted molar refractivity (Wildman–Crippen MR) is 153 cm³/mol. The second-order valence-corrected chi connectivity index (χ2v) is 12.2. The van der Waals surface area contributed by atoms with Crippen molar-refractivity contribution >= 4 is 34.2 Å². The summed E-state index contributed by atoms with van der Waals surface area (Å²) in [6.45, 7) is 4.74. The van der Waals surface area contributed by atoms with Crippen molar-refractivity contribution < 1.29 is 9.53 Å². The summed E-state index contributed by atoms with van der Waals surface area (Å²) in [7, 11) is 0. The van der Waals surface area contributed by atoms with E-state index < -0.39 is 6.04 Å². The number of nitrogens with zero attached hydrogens (tertiary/aromatic N) is 5. The van der Waals surface area contributed by atoms with E-state index in [2.05, 4.69) is 39.4 Å². The lowest BCUT2D eigenvalue weighted by molar-refractivity contribution is -0.120. The van der Waals surface area contributed by atoms with E-state index in [1.54, 1.807) is 4.90 Å². The Kier molecular flexibility index (Phi) is 5.56. The summed E-state index contributed by atoms with van der Waals surface area (Å²) in [4.78, 5) is 30.9. The molecule has 0 aromatic heterocycles. The van der Waals surface area contributed by atoms with E-state index in [1.165, 1.54) is 38.5 Å². The van der Waals surface area contributed by atoms with E-state index in [-0.39, 0.29) is 17.4 Å². The fraction of sp³-hybridized carbons (Fsp3) is 0.516. The molecule has 8 nitrogen and oxygen atoms in total. The number of fused-ring (bicyclic) bond motifs is 5. The molecular weight excluding hydrogens is 488 g/mol. The van der Waals surface area contributed by atoms with Crippen LogP contribution in [0.3, 0.4) is 0 Å². The summed E-state index contributed by atoms with van der Waals surface area (Å²) in [6, 6.07) is 15.1. The molecule has 202 valence electrons. The highest BCUT2D eigenvalue weighted by Crippen LogP contribution is 2.39. The zero-order valence-electron chi connectivity index (χ0n) is 22.3. The molecule has 6 aliphatic rings. The van der Waals surface area contributed by atoms with Crippen LogP contribution in [0.5, 0.6) is 0 Å². The minimum absolute atomic E-state index is 0.0213. The number of nitrogens with one attached hydrogen (secondary N) is 1. The van der Waals surface area contributed by atoms with Crippen LogP contribution >= 0.6 is 0 Å². The molecule has 4 unspecified atom stereocenters. The normalized spacial score (nSPS) is 31.3. The van der Waals surface area contributed by atoms with Gasteiger partial charge in [-0.2, -0.15) is 4.99 Å². The molecule has 0 aliphatic carbocycles. The van der Waals surface area contributed by atoms with Crippen molar-refractivity contribution in [3.63, 3.8) is 0 Å². The maximum atomic E-state index is 14.2. The Bertz CT molecular complexity index is 1370. The largest absolute Gasteiger partial charge is 0.462 e. The zero-order valence-corrected chi connectivity index (χ0v) is 22.3. The van der Waals surface area contributed by atoms with E-state index in [0.29, 0.717) is 24.7 Å². The van der Waals surface area contributed by atoms with Gasteiger partial charge in [-0.05, 0) is 63.1 Å². The molecule has 8 heteroatoms. The Hall–Kier alpha value is -3.23. The van der Waals surface area contributed by atoms with Gasteiger partial charge in [0.15, 0.2) is 0 Å². The van der Waals surface area contributed by atoms with Crippen LogP contribution < -0.4 is 10.2 Å². The Balaban J connectivity index is 1.14. The highest BCUT2D eigenvalue weighted by Gasteiger charge is 2.47. The van der Waals surface area contributed by atoms with Crippen LogP contribution in [0.2, 0.25) is 0 Å². The van der Waals surface area contributed by atoms with Gasteiger partial charge >= 0.3 is 6.02 Å². The molecule has 1 amide bonds. The van der Waals surface area contributed by atoms with Gasteiger partial charge in [-0.15, -0.1) is 0 Å². The van der Waals surface area contributed by atoms with Crippen molar-refractivity contribution in [1.29, 1.82) is 0 Å². The molecule has 0 saturated carbocycles. The zero-order chi connectivity index (χ0) is 26.0. The highest BCUT2D eigenvalue weighted by atomic mass is 16.5. The fourth-order valence-electron chi connectivity index (χ4n) is 7.95. The number of likely N-dealkylation sites (tertiary alicyclic amines) is 1. The number of hydrogen-bond acceptors (Lipinski definition) is 7. The number of amidine groups is 2. The van der Waals surface area contributed by atoms with Gasteiger partial charge in [-0.25, -0.2) is 4.99 Å². The molecule has 4 saturated heterocycles. The lowest BCUT2D eigenvalue weighted by Crippen LogP contribution is -2.58. The average molecular weight is 525 g/mol.